The van der Waals surface area contributed by atoms with Crippen LogP contribution in [0, 0.1) is 0 Å². The molecule has 1 amide bonds. The van der Waals surface area contributed by atoms with E-state index in [0.29, 0.717) is 11.6 Å². The van der Waals surface area contributed by atoms with E-state index < -0.39 is 6.10 Å². The van der Waals surface area contributed by atoms with E-state index in [9.17, 15) is 9.90 Å². The van der Waals surface area contributed by atoms with Crippen molar-refractivity contribution >= 4 is 17.5 Å². The second-order valence-corrected chi connectivity index (χ2v) is 4.25. The Labute approximate surface area is 106 Å². The Balaban J connectivity index is 2.47. The van der Waals surface area contributed by atoms with Gasteiger partial charge in [0.15, 0.2) is 0 Å². The van der Waals surface area contributed by atoms with Crippen LogP contribution in [0.4, 0.5) is 0 Å². The fraction of sp³-hybridized carbons (Fsp3) is 0.417. The summed E-state index contributed by atoms with van der Waals surface area (Å²) in [5, 5.41) is 16.0. The van der Waals surface area contributed by atoms with Gasteiger partial charge in [-0.15, -0.1) is 0 Å². The summed E-state index contributed by atoms with van der Waals surface area (Å²) in [5.41, 5.74) is 0.769. The molecule has 0 spiro atoms. The van der Waals surface area contributed by atoms with Crippen LogP contribution in [0.5, 0.6) is 0 Å². The second kappa shape index (κ2) is 6.59. The van der Waals surface area contributed by atoms with Gasteiger partial charge in [-0.25, -0.2) is 0 Å². The molecule has 0 aliphatic carbocycles. The van der Waals surface area contributed by atoms with Gasteiger partial charge in [0, 0.05) is 18.6 Å². The lowest BCUT2D eigenvalue weighted by Crippen LogP contribution is -2.42. The van der Waals surface area contributed by atoms with E-state index in [0.717, 1.165) is 5.56 Å². The average molecular weight is 257 g/mol. The predicted octanol–water partition coefficient (Wildman–Crippen LogP) is 1.10. The Kier molecular flexibility index (Phi) is 5.41. The minimum absolute atomic E-state index is 0.103. The highest BCUT2D eigenvalue weighted by molar-refractivity contribution is 6.30. The number of halogens is 1. The summed E-state index contributed by atoms with van der Waals surface area (Å²) in [7, 11) is 1.58. The van der Waals surface area contributed by atoms with Gasteiger partial charge in [0.1, 0.15) is 0 Å². The zero-order valence-corrected chi connectivity index (χ0v) is 10.7. The van der Waals surface area contributed by atoms with E-state index in [-0.39, 0.29) is 11.9 Å². The van der Waals surface area contributed by atoms with Gasteiger partial charge in [-0.3, -0.25) is 4.79 Å². The molecule has 0 radical (unpaired) electrons. The third-order valence-electron chi connectivity index (χ3n) is 2.51. The highest BCUT2D eigenvalue weighted by Gasteiger charge is 2.13. The maximum Gasteiger partial charge on any atom is 0.236 e. The van der Waals surface area contributed by atoms with Gasteiger partial charge in [-0.05, 0) is 24.6 Å². The lowest BCUT2D eigenvalue weighted by Gasteiger charge is -2.16. The van der Waals surface area contributed by atoms with Gasteiger partial charge < -0.3 is 15.7 Å². The summed E-state index contributed by atoms with van der Waals surface area (Å²) >= 11 is 5.75. The first-order valence-electron chi connectivity index (χ1n) is 5.43. The van der Waals surface area contributed by atoms with Gasteiger partial charge in [0.2, 0.25) is 5.91 Å². The molecule has 0 saturated heterocycles. The fourth-order valence-electron chi connectivity index (χ4n) is 1.40. The van der Waals surface area contributed by atoms with Crippen molar-refractivity contribution in [3.63, 3.8) is 0 Å². The van der Waals surface area contributed by atoms with E-state index >= 15 is 0 Å². The van der Waals surface area contributed by atoms with Gasteiger partial charge >= 0.3 is 0 Å². The van der Waals surface area contributed by atoms with E-state index in [1.165, 1.54) is 0 Å². The SMILES string of the molecule is CNC(=O)C(C)NCC(O)c1ccc(Cl)cc1. The van der Waals surface area contributed by atoms with Gasteiger partial charge in [-0.1, -0.05) is 23.7 Å². The first-order valence-corrected chi connectivity index (χ1v) is 5.81. The molecule has 1 rings (SSSR count). The molecule has 94 valence electrons. The molecule has 2 atom stereocenters. The van der Waals surface area contributed by atoms with E-state index in [4.69, 9.17) is 11.6 Å². The standard InChI is InChI=1S/C12H17ClN2O2/c1-8(12(17)14-2)15-7-11(16)9-3-5-10(13)6-4-9/h3-6,8,11,15-16H,7H2,1-2H3,(H,14,17). The van der Waals surface area contributed by atoms with Crippen LogP contribution in [0.3, 0.4) is 0 Å². The number of carbonyl (C=O) groups is 1. The molecular weight excluding hydrogens is 240 g/mol. The minimum atomic E-state index is -0.653. The van der Waals surface area contributed by atoms with E-state index in [1.54, 1.807) is 38.2 Å². The van der Waals surface area contributed by atoms with Crippen molar-refractivity contribution in [3.05, 3.63) is 34.9 Å². The summed E-state index contributed by atoms with van der Waals surface area (Å²) in [6.07, 6.45) is -0.653. The van der Waals surface area contributed by atoms with Crippen LogP contribution in [-0.4, -0.2) is 30.6 Å². The van der Waals surface area contributed by atoms with Crippen molar-refractivity contribution in [2.75, 3.05) is 13.6 Å². The van der Waals surface area contributed by atoms with Crippen molar-refractivity contribution in [2.24, 2.45) is 0 Å². The number of amides is 1. The lowest BCUT2D eigenvalue weighted by atomic mass is 10.1. The van der Waals surface area contributed by atoms with Crippen molar-refractivity contribution in [2.45, 2.75) is 19.1 Å². The van der Waals surface area contributed by atoms with Gasteiger partial charge in [0.25, 0.3) is 0 Å². The molecule has 0 aromatic heterocycles. The predicted molar refractivity (Wildman–Crippen MR) is 67.9 cm³/mol. The summed E-state index contributed by atoms with van der Waals surface area (Å²) in [4.78, 5) is 11.2. The van der Waals surface area contributed by atoms with E-state index in [1.807, 2.05) is 0 Å². The van der Waals surface area contributed by atoms with Crippen LogP contribution in [-0.2, 0) is 4.79 Å². The van der Waals surface area contributed by atoms with Crippen molar-refractivity contribution < 1.29 is 9.90 Å². The molecule has 0 heterocycles. The van der Waals surface area contributed by atoms with Gasteiger partial charge in [0.05, 0.1) is 12.1 Å². The Morgan fingerprint density at radius 3 is 2.53 bits per heavy atom. The largest absolute Gasteiger partial charge is 0.387 e. The Hall–Kier alpha value is -1.10. The van der Waals surface area contributed by atoms with Crippen molar-refractivity contribution in [1.82, 2.24) is 10.6 Å². The molecule has 2 unspecified atom stereocenters. The van der Waals surface area contributed by atoms with E-state index in [2.05, 4.69) is 10.6 Å². The zero-order valence-electron chi connectivity index (χ0n) is 9.90. The maximum atomic E-state index is 11.2. The molecule has 0 fully saturated rings. The van der Waals surface area contributed by atoms with Crippen LogP contribution in [0.1, 0.15) is 18.6 Å². The van der Waals surface area contributed by atoms with Crippen LogP contribution in [0.25, 0.3) is 0 Å². The molecular formula is C12H17ClN2O2. The number of likely N-dealkylation sites (N-methyl/N-ethyl adjacent to an activating group) is 1. The minimum Gasteiger partial charge on any atom is -0.387 e. The molecule has 0 aliphatic heterocycles. The first-order chi connectivity index (χ1) is 8.04. The lowest BCUT2D eigenvalue weighted by molar-refractivity contribution is -0.122. The average Bonchev–Trinajstić information content (AvgIpc) is 2.35. The Morgan fingerprint density at radius 1 is 1.41 bits per heavy atom. The first kappa shape index (κ1) is 14.0. The summed E-state index contributed by atoms with van der Waals surface area (Å²) in [5.74, 6) is -0.103. The quantitative estimate of drug-likeness (QED) is 0.739. The third kappa shape index (κ3) is 4.34. The molecule has 1 aromatic rings. The second-order valence-electron chi connectivity index (χ2n) is 3.81. The smallest absolute Gasteiger partial charge is 0.236 e. The number of hydrogen-bond acceptors (Lipinski definition) is 3. The van der Waals surface area contributed by atoms with Gasteiger partial charge in [-0.2, -0.15) is 0 Å². The Morgan fingerprint density at radius 2 is 2.00 bits per heavy atom. The number of nitrogens with one attached hydrogen (secondary N) is 2. The summed E-state index contributed by atoms with van der Waals surface area (Å²) in [6, 6.07) is 6.64. The molecule has 5 heteroatoms. The van der Waals surface area contributed by atoms with Crippen LogP contribution in [0.15, 0.2) is 24.3 Å². The number of aliphatic hydroxyl groups is 1. The van der Waals surface area contributed by atoms with Crippen LogP contribution >= 0.6 is 11.6 Å². The summed E-state index contributed by atoms with van der Waals surface area (Å²) in [6.45, 7) is 2.06. The van der Waals surface area contributed by atoms with Crippen molar-refractivity contribution in [1.29, 1.82) is 0 Å². The number of benzene rings is 1. The molecule has 0 aliphatic rings. The van der Waals surface area contributed by atoms with Crippen molar-refractivity contribution in [3.8, 4) is 0 Å². The Bertz CT molecular complexity index is 367. The number of hydrogen-bond donors (Lipinski definition) is 3. The molecule has 0 saturated carbocycles. The third-order valence-corrected chi connectivity index (χ3v) is 2.76. The fourth-order valence-corrected chi connectivity index (χ4v) is 1.53. The monoisotopic (exact) mass is 256 g/mol. The number of rotatable bonds is 5. The molecule has 3 N–H and O–H groups in total. The molecule has 0 bridgehead atoms. The molecule has 4 nitrogen and oxygen atoms in total. The highest BCUT2D eigenvalue weighted by Crippen LogP contribution is 2.15. The normalized spacial score (nSPS) is 14.1. The molecule has 17 heavy (non-hydrogen) atoms. The number of carbonyl (C=O) groups excluding carboxylic acids is 1. The summed E-state index contributed by atoms with van der Waals surface area (Å²) < 4.78 is 0. The topological polar surface area (TPSA) is 61.4 Å². The maximum absolute atomic E-state index is 11.2. The van der Waals surface area contributed by atoms with Crippen LogP contribution < -0.4 is 10.6 Å². The highest BCUT2D eigenvalue weighted by atomic mass is 35.5. The molecule has 1 aromatic carbocycles. The number of aliphatic hydroxyl groups excluding tert-OH is 1. The zero-order chi connectivity index (χ0) is 12.8. The van der Waals surface area contributed by atoms with Crippen LogP contribution in [0.2, 0.25) is 5.02 Å².